The van der Waals surface area contributed by atoms with Gasteiger partial charge in [-0.2, -0.15) is 0 Å². The summed E-state index contributed by atoms with van der Waals surface area (Å²) < 4.78 is 11.3. The van der Waals surface area contributed by atoms with Crippen LogP contribution in [-0.4, -0.2) is 24.9 Å². The molecule has 0 saturated heterocycles. The Kier molecular flexibility index (Phi) is 5.95. The van der Waals surface area contributed by atoms with Crippen LogP contribution in [0.5, 0.6) is 11.5 Å². The van der Waals surface area contributed by atoms with E-state index in [4.69, 9.17) is 26.2 Å². The average molecular weight is 287 g/mol. The molecule has 1 rings (SSSR count). The molecule has 1 aromatic rings. The van der Waals surface area contributed by atoms with E-state index in [0.717, 1.165) is 17.1 Å². The molecule has 19 heavy (non-hydrogen) atoms. The zero-order chi connectivity index (χ0) is 14.5. The number of ether oxygens (including phenoxy) is 2. The molecule has 3 nitrogen and oxygen atoms in total. The summed E-state index contributed by atoms with van der Waals surface area (Å²) in [5, 5.41) is 9.14. The van der Waals surface area contributed by atoms with Crippen LogP contribution in [0.2, 0.25) is 0 Å². The monoisotopic (exact) mass is 286 g/mol. The number of aliphatic hydroxyl groups excluding tert-OH is 1. The van der Waals surface area contributed by atoms with E-state index in [9.17, 15) is 0 Å². The molecular formula is C15H23ClO3. The van der Waals surface area contributed by atoms with Gasteiger partial charge in [-0.3, -0.25) is 0 Å². The van der Waals surface area contributed by atoms with Crippen molar-refractivity contribution in [3.8, 4) is 11.5 Å². The Bertz CT molecular complexity index is 399. The van der Waals surface area contributed by atoms with Gasteiger partial charge in [0, 0.05) is 24.7 Å². The highest BCUT2D eigenvalue weighted by Crippen LogP contribution is 2.31. The molecule has 0 aliphatic carbocycles. The maximum Gasteiger partial charge on any atom is 0.126 e. The highest BCUT2D eigenvalue weighted by Gasteiger charge is 2.26. The average Bonchev–Trinajstić information content (AvgIpc) is 2.37. The highest BCUT2D eigenvalue weighted by atomic mass is 35.5. The Labute approximate surface area is 120 Å². The summed E-state index contributed by atoms with van der Waals surface area (Å²) in [6.45, 7) is 6.39. The molecule has 4 heteroatoms. The number of methoxy groups -OCH3 is 1. The molecule has 0 fully saturated rings. The molecule has 1 unspecified atom stereocenters. The maximum absolute atomic E-state index is 9.14. The molecule has 108 valence electrons. The summed E-state index contributed by atoms with van der Waals surface area (Å²) in [6.07, 6.45) is 0.548. The minimum Gasteiger partial charge on any atom is -0.496 e. The van der Waals surface area contributed by atoms with E-state index in [1.165, 1.54) is 0 Å². The third kappa shape index (κ3) is 4.59. The van der Waals surface area contributed by atoms with Gasteiger partial charge in [0.1, 0.15) is 17.6 Å². The lowest BCUT2D eigenvalue weighted by Crippen LogP contribution is -2.33. The number of alkyl halides is 1. The molecule has 0 bridgehead atoms. The second kappa shape index (κ2) is 7.01. The summed E-state index contributed by atoms with van der Waals surface area (Å²) >= 11 is 5.84. The van der Waals surface area contributed by atoms with Crippen molar-refractivity contribution in [2.24, 2.45) is 5.41 Å². The number of halogens is 1. The summed E-state index contributed by atoms with van der Waals surface area (Å²) in [5.74, 6) is 1.87. The zero-order valence-corrected chi connectivity index (χ0v) is 12.8. The highest BCUT2D eigenvalue weighted by molar-refractivity contribution is 6.17. The van der Waals surface area contributed by atoms with E-state index < -0.39 is 0 Å². The smallest absolute Gasteiger partial charge is 0.126 e. The number of benzene rings is 1. The van der Waals surface area contributed by atoms with Crippen molar-refractivity contribution in [2.75, 3.05) is 13.7 Å². The van der Waals surface area contributed by atoms with Crippen molar-refractivity contribution in [1.82, 2.24) is 0 Å². The largest absolute Gasteiger partial charge is 0.496 e. The number of aliphatic hydroxyl groups is 1. The van der Waals surface area contributed by atoms with Gasteiger partial charge in [0.2, 0.25) is 0 Å². The molecule has 0 heterocycles. The van der Waals surface area contributed by atoms with Gasteiger partial charge in [0.15, 0.2) is 0 Å². The summed E-state index contributed by atoms with van der Waals surface area (Å²) in [4.78, 5) is 0. The zero-order valence-electron chi connectivity index (χ0n) is 12.1. The third-order valence-electron chi connectivity index (χ3n) is 3.04. The lowest BCUT2D eigenvalue weighted by Gasteiger charge is -2.31. The van der Waals surface area contributed by atoms with Crippen molar-refractivity contribution in [3.63, 3.8) is 0 Å². The Balaban J connectivity index is 2.91. The molecule has 0 aromatic heterocycles. The van der Waals surface area contributed by atoms with Gasteiger partial charge in [0.25, 0.3) is 0 Å². The van der Waals surface area contributed by atoms with Gasteiger partial charge in [-0.15, -0.1) is 11.6 Å². The van der Waals surface area contributed by atoms with Crippen molar-refractivity contribution in [3.05, 3.63) is 23.8 Å². The molecule has 0 aliphatic heterocycles. The Morgan fingerprint density at radius 1 is 1.32 bits per heavy atom. The maximum atomic E-state index is 9.14. The predicted molar refractivity (Wildman–Crippen MR) is 78.1 cm³/mol. The Hall–Kier alpha value is -0.930. The Morgan fingerprint density at radius 2 is 2.00 bits per heavy atom. The molecule has 0 spiro atoms. The third-order valence-corrected chi connectivity index (χ3v) is 3.33. The molecule has 1 aromatic carbocycles. The van der Waals surface area contributed by atoms with Crippen molar-refractivity contribution < 1.29 is 14.6 Å². The van der Waals surface area contributed by atoms with Crippen LogP contribution < -0.4 is 9.47 Å². The second-order valence-corrected chi connectivity index (χ2v) is 5.86. The lowest BCUT2D eigenvalue weighted by molar-refractivity contribution is 0.0615. The van der Waals surface area contributed by atoms with E-state index in [1.807, 2.05) is 18.2 Å². The van der Waals surface area contributed by atoms with E-state index in [-0.39, 0.29) is 18.1 Å². The van der Waals surface area contributed by atoms with Gasteiger partial charge in [-0.05, 0) is 11.5 Å². The normalized spacial score (nSPS) is 13.2. The SMILES string of the molecule is COc1cc(OC(CCO)C(C)(C)C)ccc1CCl. The molecule has 0 amide bonds. The minimum absolute atomic E-state index is 0.0406. The standard InChI is InChI=1S/C15H23ClO3/c1-15(2,3)14(7-8-17)19-12-6-5-11(10-16)13(9-12)18-4/h5-6,9,14,17H,7-8,10H2,1-4H3. The fraction of sp³-hybridized carbons (Fsp3) is 0.600. The van der Waals surface area contributed by atoms with Crippen LogP contribution in [-0.2, 0) is 5.88 Å². The van der Waals surface area contributed by atoms with Crippen LogP contribution in [0.15, 0.2) is 18.2 Å². The van der Waals surface area contributed by atoms with Gasteiger partial charge in [0.05, 0.1) is 13.0 Å². The fourth-order valence-electron chi connectivity index (χ4n) is 1.86. The van der Waals surface area contributed by atoms with Crippen LogP contribution in [0.1, 0.15) is 32.8 Å². The molecule has 0 aliphatic rings. The Morgan fingerprint density at radius 3 is 2.47 bits per heavy atom. The van der Waals surface area contributed by atoms with Gasteiger partial charge < -0.3 is 14.6 Å². The van der Waals surface area contributed by atoms with Crippen LogP contribution in [0.25, 0.3) is 0 Å². The van der Waals surface area contributed by atoms with Crippen molar-refractivity contribution in [2.45, 2.75) is 39.2 Å². The number of hydrogen-bond acceptors (Lipinski definition) is 3. The quantitative estimate of drug-likeness (QED) is 0.812. The van der Waals surface area contributed by atoms with Crippen LogP contribution in [0, 0.1) is 5.41 Å². The number of hydrogen-bond donors (Lipinski definition) is 1. The van der Waals surface area contributed by atoms with Gasteiger partial charge in [-0.25, -0.2) is 0 Å². The second-order valence-electron chi connectivity index (χ2n) is 5.59. The topological polar surface area (TPSA) is 38.7 Å². The summed E-state index contributed by atoms with van der Waals surface area (Å²) in [7, 11) is 1.62. The van der Waals surface area contributed by atoms with Crippen molar-refractivity contribution >= 4 is 11.6 Å². The summed E-state index contributed by atoms with van der Waals surface area (Å²) in [6, 6.07) is 5.63. The molecule has 1 atom stereocenters. The number of rotatable bonds is 6. The van der Waals surface area contributed by atoms with Crippen LogP contribution in [0.4, 0.5) is 0 Å². The predicted octanol–water partition coefficient (Wildman–Crippen LogP) is 3.61. The van der Waals surface area contributed by atoms with Gasteiger partial charge >= 0.3 is 0 Å². The first kappa shape index (κ1) is 16.1. The first-order chi connectivity index (χ1) is 8.92. The molecular weight excluding hydrogens is 264 g/mol. The molecule has 0 radical (unpaired) electrons. The van der Waals surface area contributed by atoms with Crippen molar-refractivity contribution in [1.29, 1.82) is 0 Å². The lowest BCUT2D eigenvalue weighted by atomic mass is 9.87. The van der Waals surface area contributed by atoms with Crippen LogP contribution >= 0.6 is 11.6 Å². The molecule has 1 N–H and O–H groups in total. The first-order valence-electron chi connectivity index (χ1n) is 6.42. The fourth-order valence-corrected chi connectivity index (χ4v) is 2.08. The van der Waals surface area contributed by atoms with Gasteiger partial charge in [-0.1, -0.05) is 26.8 Å². The van der Waals surface area contributed by atoms with E-state index >= 15 is 0 Å². The van der Waals surface area contributed by atoms with E-state index in [0.29, 0.717) is 12.3 Å². The van der Waals surface area contributed by atoms with Crippen LogP contribution in [0.3, 0.4) is 0 Å². The van der Waals surface area contributed by atoms with E-state index in [1.54, 1.807) is 7.11 Å². The first-order valence-corrected chi connectivity index (χ1v) is 6.96. The minimum atomic E-state index is -0.0518. The van der Waals surface area contributed by atoms with E-state index in [2.05, 4.69) is 20.8 Å². The summed E-state index contributed by atoms with van der Waals surface area (Å²) in [5.41, 5.74) is 0.896. The molecule has 0 saturated carbocycles.